The minimum Gasteiger partial charge on any atom is -0.394 e. The van der Waals surface area contributed by atoms with E-state index in [0.717, 1.165) is 92.6 Å². The molecule has 0 amide bonds. The summed E-state index contributed by atoms with van der Waals surface area (Å²) in [6.07, 6.45) is 13.2. The summed E-state index contributed by atoms with van der Waals surface area (Å²) in [5, 5.41) is 30.6. The highest BCUT2D eigenvalue weighted by atomic mass is 79.9. The van der Waals surface area contributed by atoms with Crippen LogP contribution in [0.4, 0.5) is 23.3 Å². The van der Waals surface area contributed by atoms with Crippen LogP contribution in [0.5, 0.6) is 0 Å². The van der Waals surface area contributed by atoms with Crippen LogP contribution in [0, 0.1) is 11.8 Å². The maximum Gasteiger partial charge on any atom is 0.173 e. The number of hydrogen-bond acceptors (Lipinski definition) is 12. The summed E-state index contributed by atoms with van der Waals surface area (Å²) in [5.74, 6) is 3.88. The molecule has 9 rings (SSSR count). The smallest absolute Gasteiger partial charge is 0.173 e. The van der Waals surface area contributed by atoms with E-state index in [1.54, 1.807) is 23.1 Å². The van der Waals surface area contributed by atoms with Gasteiger partial charge in [0.05, 0.1) is 34.0 Å². The normalized spacial score (nSPS) is 25.2. The molecule has 1 unspecified atom stereocenters. The van der Waals surface area contributed by atoms with Gasteiger partial charge < -0.3 is 31.7 Å². The highest BCUT2D eigenvalue weighted by molar-refractivity contribution is 9.11. The van der Waals surface area contributed by atoms with Crippen molar-refractivity contribution < 1.29 is 5.11 Å². The summed E-state index contributed by atoms with van der Waals surface area (Å²) in [6.45, 7) is 4.25. The highest BCUT2D eigenvalue weighted by Crippen LogP contribution is 2.65. The molecule has 7 heterocycles. The molecule has 0 aromatic carbocycles. The molecule has 2 saturated carbocycles. The van der Waals surface area contributed by atoms with E-state index in [1.165, 1.54) is 0 Å². The minimum absolute atomic E-state index is 0.0274. The summed E-state index contributed by atoms with van der Waals surface area (Å²) in [6, 6.07) is 12.9. The quantitative estimate of drug-likeness (QED) is 0.113. The number of halogens is 2. The standard InChI is InChI=1S/C37H41Br2N13O/c1-37(25-19-50(28(20-53)34(25)37)33-12-32(44-15-21-3-2-10-41-13-21)52-36(49-33)27(39)18-46-52)29-9-4-22(14-42-29)16-43-31-11-30(47-24-7-5-23(40)6-8-24)48-35-26(38)17-45-51(31)35/h2-4,9-14,17-18,23-25,28,34,43-44,53H,5-8,15-16,19-20,40H2,1H3,(H,47,48)/t23?,24?,25-,28+,34-,37?/m0/s1. The van der Waals surface area contributed by atoms with Crippen LogP contribution in [0.15, 0.2) is 76.3 Å². The number of piperidine rings is 1. The first-order valence-electron chi connectivity index (χ1n) is 18.1. The average molecular weight is 844 g/mol. The lowest BCUT2D eigenvalue weighted by atomic mass is 9.92. The monoisotopic (exact) mass is 841 g/mol. The number of aliphatic hydroxyl groups is 1. The van der Waals surface area contributed by atoms with Gasteiger partial charge in [-0.15, -0.1) is 0 Å². The lowest BCUT2D eigenvalue weighted by Crippen LogP contribution is -2.41. The second-order valence-corrected chi connectivity index (χ2v) is 16.4. The van der Waals surface area contributed by atoms with Gasteiger partial charge in [0.25, 0.3) is 0 Å². The number of aliphatic hydroxyl groups excluding tert-OH is 1. The molecule has 1 aliphatic heterocycles. The van der Waals surface area contributed by atoms with Crippen LogP contribution in [0.25, 0.3) is 11.3 Å². The van der Waals surface area contributed by atoms with Gasteiger partial charge in [0, 0.05) is 73.6 Å². The van der Waals surface area contributed by atoms with Crippen molar-refractivity contribution in [2.24, 2.45) is 17.6 Å². The van der Waals surface area contributed by atoms with E-state index >= 15 is 0 Å². The van der Waals surface area contributed by atoms with Crippen molar-refractivity contribution in [2.45, 2.75) is 69.2 Å². The average Bonchev–Trinajstić information content (AvgIpc) is 3.56. The fourth-order valence-electron chi connectivity index (χ4n) is 8.53. The van der Waals surface area contributed by atoms with Crippen LogP contribution >= 0.6 is 31.9 Å². The number of pyridine rings is 2. The SMILES string of the molecule is CC1(c2ccc(CNc3cc(NC4CCC(N)CC4)nc4c(Br)cnn34)cn2)[C@@H]2[C@@H](CO)N(c3cc(NCc4cccnc4)n4ncc(Br)c4n3)C[C@@H]21. The van der Waals surface area contributed by atoms with Gasteiger partial charge in [0.15, 0.2) is 11.3 Å². The van der Waals surface area contributed by atoms with E-state index in [0.29, 0.717) is 31.1 Å². The number of aromatic nitrogens is 8. The summed E-state index contributed by atoms with van der Waals surface area (Å²) >= 11 is 7.24. The largest absolute Gasteiger partial charge is 0.394 e. The van der Waals surface area contributed by atoms with Gasteiger partial charge in [0.2, 0.25) is 0 Å². The maximum atomic E-state index is 10.8. The minimum atomic E-state index is -0.138. The lowest BCUT2D eigenvalue weighted by molar-refractivity contribution is 0.247. The molecule has 2 aliphatic carbocycles. The van der Waals surface area contributed by atoms with Crippen molar-refractivity contribution in [1.29, 1.82) is 0 Å². The second-order valence-electron chi connectivity index (χ2n) is 14.7. The zero-order valence-electron chi connectivity index (χ0n) is 29.2. The van der Waals surface area contributed by atoms with Crippen molar-refractivity contribution in [2.75, 3.05) is 34.0 Å². The van der Waals surface area contributed by atoms with Gasteiger partial charge in [-0.2, -0.15) is 19.2 Å². The Kier molecular flexibility index (Phi) is 8.95. The molecule has 4 atom stereocenters. The van der Waals surface area contributed by atoms with Gasteiger partial charge >= 0.3 is 0 Å². The molecule has 3 fully saturated rings. The van der Waals surface area contributed by atoms with Crippen molar-refractivity contribution in [1.82, 2.24) is 39.2 Å². The number of fused-ring (bicyclic) bond motifs is 3. The molecule has 1 saturated heterocycles. The van der Waals surface area contributed by atoms with E-state index in [-0.39, 0.29) is 24.0 Å². The molecule has 274 valence electrons. The van der Waals surface area contributed by atoms with Crippen molar-refractivity contribution in [3.05, 3.63) is 93.1 Å². The third-order valence-electron chi connectivity index (χ3n) is 11.5. The fourth-order valence-corrected chi connectivity index (χ4v) is 9.22. The van der Waals surface area contributed by atoms with Crippen LogP contribution in [0.3, 0.4) is 0 Å². The summed E-state index contributed by atoms with van der Waals surface area (Å²) in [5.41, 5.74) is 10.6. The van der Waals surface area contributed by atoms with Gasteiger partial charge in [-0.3, -0.25) is 9.97 Å². The number of nitrogens with one attached hydrogen (secondary N) is 3. The first-order valence-corrected chi connectivity index (χ1v) is 19.7. The van der Waals surface area contributed by atoms with Gasteiger partial charge in [0.1, 0.15) is 23.3 Å². The summed E-state index contributed by atoms with van der Waals surface area (Å²) in [7, 11) is 0. The Bertz CT molecular complexity index is 2260. The Hall–Kier alpha value is -4.38. The van der Waals surface area contributed by atoms with Crippen LogP contribution in [0.1, 0.15) is 49.4 Å². The topological polar surface area (TPSA) is 172 Å². The molecule has 0 spiro atoms. The number of anilines is 4. The Balaban J connectivity index is 0.894. The van der Waals surface area contributed by atoms with E-state index in [4.69, 9.17) is 20.7 Å². The molecular weight excluding hydrogens is 802 g/mol. The van der Waals surface area contributed by atoms with Crippen LogP contribution in [-0.4, -0.2) is 75.5 Å². The van der Waals surface area contributed by atoms with E-state index in [1.807, 2.05) is 41.2 Å². The lowest BCUT2D eigenvalue weighted by Gasteiger charge is -2.32. The molecule has 14 nitrogen and oxygen atoms in total. The first kappa shape index (κ1) is 34.4. The molecular formula is C37H41Br2N13O. The first-order chi connectivity index (χ1) is 25.8. The van der Waals surface area contributed by atoms with E-state index in [9.17, 15) is 5.11 Å². The fraction of sp³-hybridized carbons (Fsp3) is 0.405. The molecule has 6 N–H and O–H groups in total. The van der Waals surface area contributed by atoms with Crippen LogP contribution in [0.2, 0.25) is 0 Å². The molecule has 3 aliphatic rings. The Morgan fingerprint density at radius 2 is 1.58 bits per heavy atom. The zero-order valence-corrected chi connectivity index (χ0v) is 32.4. The molecule has 0 radical (unpaired) electrons. The number of hydrogen-bond donors (Lipinski definition) is 5. The Morgan fingerprint density at radius 3 is 2.25 bits per heavy atom. The van der Waals surface area contributed by atoms with Gasteiger partial charge in [-0.05, 0) is 92.6 Å². The summed E-state index contributed by atoms with van der Waals surface area (Å²) in [4.78, 5) is 21.3. The molecule has 53 heavy (non-hydrogen) atoms. The van der Waals surface area contributed by atoms with Crippen LogP contribution < -0.4 is 26.6 Å². The molecule has 16 heteroatoms. The molecule has 0 bridgehead atoms. The van der Waals surface area contributed by atoms with E-state index in [2.05, 4.69) is 86.9 Å². The molecule has 6 aromatic rings. The Labute approximate surface area is 323 Å². The predicted octanol–water partition coefficient (Wildman–Crippen LogP) is 5.38. The van der Waals surface area contributed by atoms with Crippen LogP contribution in [-0.2, 0) is 18.5 Å². The Morgan fingerprint density at radius 1 is 0.887 bits per heavy atom. The third kappa shape index (κ3) is 6.28. The number of nitrogens with two attached hydrogens (primary N) is 1. The number of nitrogens with zero attached hydrogens (tertiary/aromatic N) is 9. The highest BCUT2D eigenvalue weighted by Gasteiger charge is 2.70. The van der Waals surface area contributed by atoms with Crippen molar-refractivity contribution >= 4 is 66.4 Å². The van der Waals surface area contributed by atoms with Gasteiger partial charge in [-0.1, -0.05) is 19.1 Å². The maximum absolute atomic E-state index is 10.8. The third-order valence-corrected chi connectivity index (χ3v) is 12.6. The zero-order chi connectivity index (χ0) is 36.3. The van der Waals surface area contributed by atoms with E-state index < -0.39 is 0 Å². The second kappa shape index (κ2) is 13.8. The number of rotatable bonds is 11. The molecule has 6 aromatic heterocycles. The van der Waals surface area contributed by atoms with Crippen molar-refractivity contribution in [3.8, 4) is 0 Å². The van der Waals surface area contributed by atoms with Crippen molar-refractivity contribution in [3.63, 3.8) is 0 Å². The van der Waals surface area contributed by atoms with Gasteiger partial charge in [-0.25, -0.2) is 9.97 Å². The predicted molar refractivity (Wildman–Crippen MR) is 211 cm³/mol. The summed E-state index contributed by atoms with van der Waals surface area (Å²) < 4.78 is 5.27.